The third kappa shape index (κ3) is 70.3. The van der Waals surface area contributed by atoms with Crippen LogP contribution in [0.25, 0.3) is 0 Å². The van der Waals surface area contributed by atoms with Gasteiger partial charge in [-0.25, -0.2) is 4.79 Å². The summed E-state index contributed by atoms with van der Waals surface area (Å²) < 4.78 is 23.0. The predicted octanol–water partition coefficient (Wildman–Crippen LogP) is 23.5. The molecule has 0 aromatic carbocycles. The fourth-order valence-electron chi connectivity index (χ4n) is 11.0. The van der Waals surface area contributed by atoms with E-state index in [0.29, 0.717) is 17.4 Å². The van der Waals surface area contributed by atoms with Crippen molar-refractivity contribution in [3.05, 3.63) is 60.8 Å². The van der Waals surface area contributed by atoms with Gasteiger partial charge in [-0.3, -0.25) is 9.59 Å². The minimum absolute atomic E-state index is 0.181. The van der Waals surface area contributed by atoms with Crippen molar-refractivity contribution in [3.8, 4) is 0 Å². The Kier molecular flexibility index (Phi) is 66.5. The molecule has 9 nitrogen and oxygen atoms in total. The number of hydrogen-bond acceptors (Lipinski definition) is 7. The molecule has 0 amide bonds. The molecule has 0 saturated carbocycles. The molecule has 0 aromatic heterocycles. The molecule has 0 heterocycles. The Labute approximate surface area is 539 Å². The van der Waals surface area contributed by atoms with Crippen LogP contribution in [0.4, 0.5) is 0 Å². The molecule has 0 spiro atoms. The Bertz CT molecular complexity index is 1610. The van der Waals surface area contributed by atoms with E-state index < -0.39 is 24.3 Å². The zero-order valence-corrected chi connectivity index (χ0v) is 58.2. The zero-order chi connectivity index (χ0) is 63.3. The second-order valence-corrected chi connectivity index (χ2v) is 26.6. The van der Waals surface area contributed by atoms with E-state index in [2.05, 4.69) is 74.6 Å². The molecule has 2 atom stereocenters. The maximum atomic E-state index is 12.9. The van der Waals surface area contributed by atoms with Crippen LogP contribution >= 0.6 is 0 Å². The number of nitrogens with zero attached hydrogens (tertiary/aromatic N) is 1. The van der Waals surface area contributed by atoms with Crippen molar-refractivity contribution in [3.63, 3.8) is 0 Å². The monoisotopic (exact) mass is 1220 g/mol. The predicted molar refractivity (Wildman–Crippen MR) is 373 cm³/mol. The first-order valence-electron chi connectivity index (χ1n) is 37.5. The van der Waals surface area contributed by atoms with E-state index in [0.717, 1.165) is 64.2 Å². The van der Waals surface area contributed by atoms with Crippen LogP contribution in [0.15, 0.2) is 60.8 Å². The topological polar surface area (TPSA) is 108 Å². The number of allylic oxidation sites excluding steroid dienone is 10. The number of unbranched alkanes of at least 4 members (excludes halogenated alkanes) is 45. The SMILES string of the molecule is CCCCCCC/C=C\C/C=C\C/C=C\CCCCCCCCCCCCC(=O)OC(COC(=O)CCCCCCCCCCCCCCCCCCCCCCCCCCC/C=C\C/C=C\CCCCCCC)COC(OCC[N+](C)(C)C)C(=O)O. The lowest BCUT2D eigenvalue weighted by molar-refractivity contribution is -0.870. The van der Waals surface area contributed by atoms with Crippen LogP contribution in [-0.4, -0.2) is 87.4 Å². The normalized spacial score (nSPS) is 13.0. The van der Waals surface area contributed by atoms with Crippen molar-refractivity contribution >= 4 is 17.9 Å². The molecule has 0 saturated heterocycles. The number of ether oxygens (including phenoxy) is 4. The Balaban J connectivity index is 4.01. The number of carboxylic acids is 1. The molecule has 2 unspecified atom stereocenters. The highest BCUT2D eigenvalue weighted by Gasteiger charge is 2.25. The number of esters is 2. The Morgan fingerprint density at radius 2 is 0.621 bits per heavy atom. The summed E-state index contributed by atoms with van der Waals surface area (Å²) in [4.78, 5) is 37.7. The molecule has 0 fully saturated rings. The van der Waals surface area contributed by atoms with Gasteiger partial charge in [-0.05, 0) is 83.5 Å². The van der Waals surface area contributed by atoms with E-state index >= 15 is 0 Å². The van der Waals surface area contributed by atoms with Gasteiger partial charge in [0, 0.05) is 12.8 Å². The highest BCUT2D eigenvalue weighted by atomic mass is 16.7. The number of carboxylic acid groups (broad SMARTS) is 1. The average molecular weight is 1220 g/mol. The summed E-state index contributed by atoms with van der Waals surface area (Å²) in [5, 5.41) is 9.75. The van der Waals surface area contributed by atoms with Crippen LogP contribution in [0, 0.1) is 0 Å². The van der Waals surface area contributed by atoms with Crippen LogP contribution in [0.3, 0.4) is 0 Å². The Morgan fingerprint density at radius 3 is 0.920 bits per heavy atom. The van der Waals surface area contributed by atoms with Gasteiger partial charge in [-0.15, -0.1) is 0 Å². The van der Waals surface area contributed by atoms with E-state index in [4.69, 9.17) is 18.9 Å². The van der Waals surface area contributed by atoms with E-state index in [1.54, 1.807) is 0 Å². The van der Waals surface area contributed by atoms with Crippen molar-refractivity contribution in [1.82, 2.24) is 0 Å². The van der Waals surface area contributed by atoms with Gasteiger partial charge < -0.3 is 28.5 Å². The molecular formula is C78H144NO8+. The molecule has 0 aliphatic rings. The molecule has 0 radical (unpaired) electrons. The van der Waals surface area contributed by atoms with Crippen LogP contribution in [0.5, 0.6) is 0 Å². The molecule has 0 aliphatic carbocycles. The van der Waals surface area contributed by atoms with Crippen LogP contribution in [-0.2, 0) is 33.3 Å². The van der Waals surface area contributed by atoms with Gasteiger partial charge in [0.25, 0.3) is 6.29 Å². The average Bonchev–Trinajstić information content (AvgIpc) is 3.59. The van der Waals surface area contributed by atoms with E-state index in [-0.39, 0.29) is 32.2 Å². The van der Waals surface area contributed by atoms with E-state index in [9.17, 15) is 19.5 Å². The van der Waals surface area contributed by atoms with Crippen molar-refractivity contribution in [1.29, 1.82) is 0 Å². The number of carbonyl (C=O) groups excluding carboxylic acids is 2. The number of likely N-dealkylation sites (N-methyl/N-ethyl adjacent to an activating group) is 1. The lowest BCUT2D eigenvalue weighted by atomic mass is 10.0. The van der Waals surface area contributed by atoms with Crippen molar-refractivity contribution < 1.29 is 42.9 Å². The van der Waals surface area contributed by atoms with Crippen LogP contribution < -0.4 is 0 Å². The quantitative estimate of drug-likeness (QED) is 0.0211. The number of aliphatic carboxylic acids is 1. The van der Waals surface area contributed by atoms with Crippen molar-refractivity contribution in [2.75, 3.05) is 47.5 Å². The first-order valence-corrected chi connectivity index (χ1v) is 37.5. The summed E-state index contributed by atoms with van der Waals surface area (Å²) in [6, 6.07) is 0. The maximum absolute atomic E-state index is 12.9. The molecule has 87 heavy (non-hydrogen) atoms. The third-order valence-corrected chi connectivity index (χ3v) is 16.7. The van der Waals surface area contributed by atoms with Gasteiger partial charge in [0.1, 0.15) is 13.2 Å². The van der Waals surface area contributed by atoms with Gasteiger partial charge in [0.15, 0.2) is 6.10 Å². The fourth-order valence-corrected chi connectivity index (χ4v) is 11.0. The molecule has 0 rings (SSSR count). The number of rotatable bonds is 70. The fraction of sp³-hybridized carbons (Fsp3) is 0.833. The first-order chi connectivity index (χ1) is 42.6. The standard InChI is InChI=1S/C78H143NO8/c1-6-8-10-12-14-16-18-20-22-24-26-28-30-32-33-34-35-36-37-38-39-40-41-42-43-45-46-48-50-52-54-56-58-60-62-64-66-68-75(80)85-72-74(73-86-78(77(82)83)84-71-70-79(3,4)5)87-76(81)69-67-65-63-61-59-57-55-53-51-49-47-44-31-29-27-25-23-21-19-17-15-13-11-9-7-2/h18-21,24-27,31,44,74,78H,6-17,22-23,28-30,32-43,45-73H2,1-5H3/p+1/b20-18-,21-19-,26-24-,27-25-,44-31-. The molecule has 0 bridgehead atoms. The van der Waals surface area contributed by atoms with Gasteiger partial charge >= 0.3 is 17.9 Å². The molecule has 0 aliphatic heterocycles. The highest BCUT2D eigenvalue weighted by Crippen LogP contribution is 2.19. The second-order valence-electron chi connectivity index (χ2n) is 26.6. The Morgan fingerprint density at radius 1 is 0.345 bits per heavy atom. The molecule has 1 N–H and O–H groups in total. The summed E-state index contributed by atoms with van der Waals surface area (Å²) in [6.45, 7) is 4.90. The highest BCUT2D eigenvalue weighted by molar-refractivity contribution is 5.71. The second kappa shape index (κ2) is 68.9. The Hall–Kier alpha value is -3.01. The number of hydrogen-bond donors (Lipinski definition) is 1. The van der Waals surface area contributed by atoms with Crippen molar-refractivity contribution in [2.24, 2.45) is 0 Å². The maximum Gasteiger partial charge on any atom is 0.361 e. The third-order valence-electron chi connectivity index (χ3n) is 16.7. The van der Waals surface area contributed by atoms with Crippen LogP contribution in [0.1, 0.15) is 361 Å². The van der Waals surface area contributed by atoms with Crippen LogP contribution in [0.2, 0.25) is 0 Å². The van der Waals surface area contributed by atoms with E-state index in [1.165, 1.54) is 270 Å². The number of carbonyl (C=O) groups is 3. The smallest absolute Gasteiger partial charge is 0.361 e. The summed E-state index contributed by atoms with van der Waals surface area (Å²) >= 11 is 0. The lowest BCUT2D eigenvalue weighted by Crippen LogP contribution is -2.40. The minimum Gasteiger partial charge on any atom is -0.477 e. The minimum atomic E-state index is -1.51. The summed E-state index contributed by atoms with van der Waals surface area (Å²) in [5.41, 5.74) is 0. The summed E-state index contributed by atoms with van der Waals surface area (Å²) in [7, 11) is 5.99. The van der Waals surface area contributed by atoms with Gasteiger partial charge in [0.05, 0.1) is 34.4 Å². The molecule has 0 aromatic rings. The molecular weight excluding hydrogens is 1080 g/mol. The molecule has 508 valence electrons. The van der Waals surface area contributed by atoms with Gasteiger partial charge in [0.2, 0.25) is 0 Å². The molecule has 9 heteroatoms. The number of quaternary nitrogens is 1. The van der Waals surface area contributed by atoms with E-state index in [1.807, 2.05) is 21.1 Å². The van der Waals surface area contributed by atoms with Crippen molar-refractivity contribution in [2.45, 2.75) is 373 Å². The first kappa shape index (κ1) is 84.0. The lowest BCUT2D eigenvalue weighted by Gasteiger charge is -2.25. The van der Waals surface area contributed by atoms with Gasteiger partial charge in [-0.2, -0.15) is 0 Å². The largest absolute Gasteiger partial charge is 0.477 e. The zero-order valence-electron chi connectivity index (χ0n) is 58.2. The summed E-state index contributed by atoms with van der Waals surface area (Å²) in [5.74, 6) is -1.99. The summed E-state index contributed by atoms with van der Waals surface area (Å²) in [6.07, 6.45) is 87.8. The van der Waals surface area contributed by atoms with Gasteiger partial charge in [-0.1, -0.05) is 325 Å².